The lowest BCUT2D eigenvalue weighted by Crippen LogP contribution is -2.32. The lowest BCUT2D eigenvalue weighted by atomic mass is 9.97. The van der Waals surface area contributed by atoms with Crippen LogP contribution in [0.3, 0.4) is 0 Å². The largest absolute Gasteiger partial charge is 0.330 e. The van der Waals surface area contributed by atoms with Gasteiger partial charge in [-0.3, -0.25) is 0 Å². The molecule has 0 heterocycles. The van der Waals surface area contributed by atoms with Crippen molar-refractivity contribution in [2.75, 3.05) is 13.1 Å². The van der Waals surface area contributed by atoms with Crippen LogP contribution in [0.2, 0.25) is 0 Å². The molecule has 1 fully saturated rings. The number of hydrogen-bond acceptors (Lipinski definition) is 2. The Labute approximate surface area is 88.6 Å². The monoisotopic (exact) mass is 198 g/mol. The molecular formula is C12H26N2. The van der Waals surface area contributed by atoms with E-state index >= 15 is 0 Å². The smallest absolute Gasteiger partial charge is 0.0125 e. The molecule has 84 valence electrons. The molecule has 0 aromatic carbocycles. The van der Waals surface area contributed by atoms with Gasteiger partial charge in [-0.15, -0.1) is 0 Å². The van der Waals surface area contributed by atoms with Crippen molar-refractivity contribution in [2.24, 2.45) is 23.0 Å². The van der Waals surface area contributed by atoms with Crippen LogP contribution in [0, 0.1) is 17.3 Å². The van der Waals surface area contributed by atoms with Crippen LogP contribution >= 0.6 is 0 Å². The fourth-order valence-electron chi connectivity index (χ4n) is 2.05. The van der Waals surface area contributed by atoms with Gasteiger partial charge in [0.1, 0.15) is 0 Å². The predicted molar refractivity (Wildman–Crippen MR) is 62.2 cm³/mol. The number of hydrogen-bond donors (Lipinski definition) is 2. The van der Waals surface area contributed by atoms with Gasteiger partial charge in [0, 0.05) is 6.04 Å². The summed E-state index contributed by atoms with van der Waals surface area (Å²) in [6.07, 6.45) is 2.57. The molecule has 0 saturated heterocycles. The molecule has 0 bridgehead atoms. The summed E-state index contributed by atoms with van der Waals surface area (Å²) in [7, 11) is 0. The molecule has 1 aliphatic rings. The zero-order valence-corrected chi connectivity index (χ0v) is 10.1. The van der Waals surface area contributed by atoms with Gasteiger partial charge in [-0.1, -0.05) is 27.7 Å². The van der Waals surface area contributed by atoms with E-state index < -0.39 is 0 Å². The van der Waals surface area contributed by atoms with E-state index in [4.69, 9.17) is 5.73 Å². The molecule has 0 radical (unpaired) electrons. The van der Waals surface area contributed by atoms with Gasteiger partial charge in [0.05, 0.1) is 0 Å². The number of nitrogens with one attached hydrogen (secondary N) is 1. The van der Waals surface area contributed by atoms with Gasteiger partial charge in [-0.2, -0.15) is 0 Å². The predicted octanol–water partition coefficient (Wildman–Crippen LogP) is 2.00. The fraction of sp³-hybridized carbons (Fsp3) is 1.00. The van der Waals surface area contributed by atoms with E-state index in [0.717, 1.165) is 25.0 Å². The summed E-state index contributed by atoms with van der Waals surface area (Å²) in [6, 6.07) is 0.740. The van der Waals surface area contributed by atoms with Crippen LogP contribution < -0.4 is 11.1 Å². The molecule has 0 amide bonds. The van der Waals surface area contributed by atoms with Crippen LogP contribution in [-0.2, 0) is 0 Å². The summed E-state index contributed by atoms with van der Waals surface area (Å²) in [5.74, 6) is 1.42. The Hall–Kier alpha value is -0.0800. The summed E-state index contributed by atoms with van der Waals surface area (Å²) in [4.78, 5) is 0. The van der Waals surface area contributed by atoms with Crippen molar-refractivity contribution < 1.29 is 0 Å². The van der Waals surface area contributed by atoms with Gasteiger partial charge in [-0.05, 0) is 43.2 Å². The van der Waals surface area contributed by atoms with Gasteiger partial charge in [0.25, 0.3) is 0 Å². The van der Waals surface area contributed by atoms with E-state index in [1.165, 1.54) is 12.8 Å². The third-order valence-corrected chi connectivity index (χ3v) is 3.30. The minimum absolute atomic E-state index is 0.539. The van der Waals surface area contributed by atoms with Crippen molar-refractivity contribution in [3.63, 3.8) is 0 Å². The summed E-state index contributed by atoms with van der Waals surface area (Å²) in [6.45, 7) is 11.1. The molecule has 0 aliphatic heterocycles. The van der Waals surface area contributed by atoms with E-state index in [2.05, 4.69) is 33.0 Å². The molecule has 14 heavy (non-hydrogen) atoms. The molecule has 0 aromatic rings. The zero-order chi connectivity index (χ0) is 10.8. The van der Waals surface area contributed by atoms with Crippen LogP contribution in [0.5, 0.6) is 0 Å². The third-order valence-electron chi connectivity index (χ3n) is 3.30. The minimum Gasteiger partial charge on any atom is -0.330 e. The molecule has 2 heteroatoms. The van der Waals surface area contributed by atoms with Gasteiger partial charge >= 0.3 is 0 Å². The molecule has 2 atom stereocenters. The maximum absolute atomic E-state index is 5.76. The van der Waals surface area contributed by atoms with E-state index in [1.807, 2.05) is 0 Å². The first-order chi connectivity index (χ1) is 6.45. The molecular weight excluding hydrogens is 172 g/mol. The fourth-order valence-corrected chi connectivity index (χ4v) is 2.05. The van der Waals surface area contributed by atoms with Crippen molar-refractivity contribution in [1.82, 2.24) is 5.32 Å². The van der Waals surface area contributed by atoms with Crippen LogP contribution in [0.15, 0.2) is 0 Å². The van der Waals surface area contributed by atoms with Gasteiger partial charge < -0.3 is 11.1 Å². The van der Waals surface area contributed by atoms with Gasteiger partial charge in [0.2, 0.25) is 0 Å². The maximum atomic E-state index is 5.76. The molecule has 2 unspecified atom stereocenters. The topological polar surface area (TPSA) is 38.0 Å². The van der Waals surface area contributed by atoms with E-state index in [1.54, 1.807) is 0 Å². The first-order valence-electron chi connectivity index (χ1n) is 5.89. The second-order valence-electron chi connectivity index (χ2n) is 5.88. The van der Waals surface area contributed by atoms with Crippen molar-refractivity contribution >= 4 is 0 Å². The second kappa shape index (κ2) is 4.63. The van der Waals surface area contributed by atoms with E-state index in [0.29, 0.717) is 11.3 Å². The Morgan fingerprint density at radius 3 is 2.36 bits per heavy atom. The first kappa shape index (κ1) is 12.0. The lowest BCUT2D eigenvalue weighted by Gasteiger charge is -2.18. The van der Waals surface area contributed by atoms with Crippen molar-refractivity contribution in [3.05, 3.63) is 0 Å². The van der Waals surface area contributed by atoms with Gasteiger partial charge in [-0.25, -0.2) is 0 Å². The quantitative estimate of drug-likeness (QED) is 0.685. The van der Waals surface area contributed by atoms with Crippen molar-refractivity contribution in [2.45, 2.75) is 46.6 Å². The Morgan fingerprint density at radius 2 is 2.00 bits per heavy atom. The molecule has 1 rings (SSSR count). The van der Waals surface area contributed by atoms with Crippen LogP contribution in [0.4, 0.5) is 0 Å². The Balaban J connectivity index is 2.15. The standard InChI is InChI=1S/C12H26N2/c1-9(2)5-10(7-13)8-14-11-6-12(11,3)4/h9-11,14H,5-8,13H2,1-4H3. The zero-order valence-electron chi connectivity index (χ0n) is 10.1. The maximum Gasteiger partial charge on any atom is 0.0125 e. The first-order valence-corrected chi connectivity index (χ1v) is 5.89. The van der Waals surface area contributed by atoms with Gasteiger partial charge in [0.15, 0.2) is 0 Å². The second-order valence-corrected chi connectivity index (χ2v) is 5.88. The Bertz CT molecular complexity index is 175. The molecule has 3 N–H and O–H groups in total. The highest BCUT2D eigenvalue weighted by Crippen LogP contribution is 2.44. The van der Waals surface area contributed by atoms with E-state index in [9.17, 15) is 0 Å². The van der Waals surface area contributed by atoms with E-state index in [-0.39, 0.29) is 0 Å². The third kappa shape index (κ3) is 3.58. The molecule has 0 aromatic heterocycles. The highest BCUT2D eigenvalue weighted by atomic mass is 15.0. The average molecular weight is 198 g/mol. The van der Waals surface area contributed by atoms with Crippen LogP contribution in [0.25, 0.3) is 0 Å². The van der Waals surface area contributed by atoms with Crippen LogP contribution in [0.1, 0.15) is 40.5 Å². The van der Waals surface area contributed by atoms with Crippen molar-refractivity contribution in [1.29, 1.82) is 0 Å². The highest BCUT2D eigenvalue weighted by molar-refractivity contribution is 5.01. The lowest BCUT2D eigenvalue weighted by molar-refractivity contribution is 0.383. The average Bonchev–Trinajstić information content (AvgIpc) is 2.67. The van der Waals surface area contributed by atoms with Crippen molar-refractivity contribution in [3.8, 4) is 0 Å². The SMILES string of the molecule is CC(C)CC(CN)CNC1CC1(C)C. The molecule has 1 aliphatic carbocycles. The number of rotatable bonds is 6. The highest BCUT2D eigenvalue weighted by Gasteiger charge is 2.45. The normalized spacial score (nSPS) is 26.6. The summed E-state index contributed by atoms with van der Waals surface area (Å²) in [5, 5.41) is 3.62. The minimum atomic E-state index is 0.539. The summed E-state index contributed by atoms with van der Waals surface area (Å²) in [5.41, 5.74) is 6.29. The molecule has 1 saturated carbocycles. The Kier molecular flexibility index (Phi) is 3.96. The van der Waals surface area contributed by atoms with Crippen LogP contribution in [-0.4, -0.2) is 19.1 Å². The summed E-state index contributed by atoms with van der Waals surface area (Å²) < 4.78 is 0. The Morgan fingerprint density at radius 1 is 1.43 bits per heavy atom. The molecule has 2 nitrogen and oxygen atoms in total. The number of nitrogens with two attached hydrogens (primary N) is 1. The molecule has 0 spiro atoms. The summed E-state index contributed by atoms with van der Waals surface area (Å²) >= 11 is 0.